The van der Waals surface area contributed by atoms with Crippen molar-refractivity contribution in [3.63, 3.8) is 0 Å². The Kier molecular flexibility index (Phi) is 1.10. The molecule has 1 fully saturated rings. The molecule has 2 N–H and O–H groups in total. The molecular formula is C6H14N2. The molecule has 0 amide bonds. The van der Waals surface area contributed by atoms with Crippen LogP contribution in [-0.4, -0.2) is 23.7 Å². The van der Waals surface area contributed by atoms with E-state index in [2.05, 4.69) is 25.8 Å². The summed E-state index contributed by atoms with van der Waals surface area (Å²) in [7, 11) is 2.06. The molecule has 0 bridgehead atoms. The molecule has 0 aromatic rings. The highest BCUT2D eigenvalue weighted by Crippen LogP contribution is 2.37. The molecule has 3 unspecified atom stereocenters. The van der Waals surface area contributed by atoms with Gasteiger partial charge in [0, 0.05) is 5.54 Å². The smallest absolute Gasteiger partial charge is 0.0762 e. The minimum atomic E-state index is 0.312. The van der Waals surface area contributed by atoms with Gasteiger partial charge in [0.2, 0.25) is 0 Å². The summed E-state index contributed by atoms with van der Waals surface area (Å²) in [5.74, 6) is 0. The standard InChI is InChI=1S/C6H14N2/c1-4-6(2)5(7)8(6)3/h5H,4,7H2,1-3H3. The van der Waals surface area contributed by atoms with Crippen LogP contribution in [0.4, 0.5) is 0 Å². The lowest BCUT2D eigenvalue weighted by atomic mass is 10.1. The van der Waals surface area contributed by atoms with Crippen molar-refractivity contribution in [2.45, 2.75) is 32.0 Å². The van der Waals surface area contributed by atoms with E-state index in [1.165, 1.54) is 0 Å². The zero-order valence-corrected chi connectivity index (χ0v) is 5.81. The van der Waals surface area contributed by atoms with E-state index in [4.69, 9.17) is 5.73 Å². The third kappa shape index (κ3) is 0.501. The number of hydrogen-bond acceptors (Lipinski definition) is 2. The van der Waals surface area contributed by atoms with E-state index < -0.39 is 0 Å². The van der Waals surface area contributed by atoms with E-state index in [9.17, 15) is 0 Å². The van der Waals surface area contributed by atoms with Crippen LogP contribution in [0, 0.1) is 0 Å². The first-order valence-corrected chi connectivity index (χ1v) is 3.11. The zero-order valence-electron chi connectivity index (χ0n) is 5.81. The minimum absolute atomic E-state index is 0.312. The van der Waals surface area contributed by atoms with Crippen molar-refractivity contribution >= 4 is 0 Å². The molecule has 8 heavy (non-hydrogen) atoms. The molecule has 48 valence electrons. The summed E-state index contributed by atoms with van der Waals surface area (Å²) in [5, 5.41) is 0. The highest BCUT2D eigenvalue weighted by atomic mass is 15.4. The van der Waals surface area contributed by atoms with Crippen LogP contribution in [0.5, 0.6) is 0 Å². The van der Waals surface area contributed by atoms with Gasteiger partial charge in [0.05, 0.1) is 6.17 Å². The molecule has 0 aliphatic carbocycles. The second kappa shape index (κ2) is 1.45. The van der Waals surface area contributed by atoms with Crippen molar-refractivity contribution in [2.75, 3.05) is 7.05 Å². The Labute approximate surface area is 50.7 Å². The van der Waals surface area contributed by atoms with Gasteiger partial charge in [-0.15, -0.1) is 0 Å². The number of nitrogens with zero attached hydrogens (tertiary/aromatic N) is 1. The predicted molar refractivity (Wildman–Crippen MR) is 34.4 cm³/mol. The van der Waals surface area contributed by atoms with E-state index in [0.717, 1.165) is 6.42 Å². The molecule has 3 atom stereocenters. The van der Waals surface area contributed by atoms with Gasteiger partial charge in [-0.3, -0.25) is 4.90 Å². The number of rotatable bonds is 1. The van der Waals surface area contributed by atoms with E-state index >= 15 is 0 Å². The van der Waals surface area contributed by atoms with Gasteiger partial charge in [-0.25, -0.2) is 0 Å². The van der Waals surface area contributed by atoms with Crippen LogP contribution in [0.1, 0.15) is 20.3 Å². The molecule has 1 rings (SSSR count). The quantitative estimate of drug-likeness (QED) is 0.499. The van der Waals surface area contributed by atoms with Crippen molar-refractivity contribution in [1.82, 2.24) is 4.90 Å². The van der Waals surface area contributed by atoms with Crippen LogP contribution >= 0.6 is 0 Å². The van der Waals surface area contributed by atoms with Gasteiger partial charge >= 0.3 is 0 Å². The van der Waals surface area contributed by atoms with E-state index in [0.29, 0.717) is 11.7 Å². The fraction of sp³-hybridized carbons (Fsp3) is 1.00. The zero-order chi connectivity index (χ0) is 6.36. The summed E-state index contributed by atoms with van der Waals surface area (Å²) >= 11 is 0. The summed E-state index contributed by atoms with van der Waals surface area (Å²) in [6, 6.07) is 0. The van der Waals surface area contributed by atoms with Crippen LogP contribution in [-0.2, 0) is 0 Å². The molecular weight excluding hydrogens is 100 g/mol. The Morgan fingerprint density at radius 1 is 1.75 bits per heavy atom. The second-order valence-corrected chi connectivity index (χ2v) is 2.77. The van der Waals surface area contributed by atoms with E-state index in [1.54, 1.807) is 0 Å². The van der Waals surface area contributed by atoms with E-state index in [-0.39, 0.29) is 0 Å². The minimum Gasteiger partial charge on any atom is -0.314 e. The summed E-state index contributed by atoms with van der Waals surface area (Å²) in [4.78, 5) is 2.19. The van der Waals surface area contributed by atoms with Crippen LogP contribution < -0.4 is 5.73 Å². The number of nitrogens with two attached hydrogens (primary N) is 1. The van der Waals surface area contributed by atoms with Crippen molar-refractivity contribution in [3.8, 4) is 0 Å². The van der Waals surface area contributed by atoms with Gasteiger partial charge < -0.3 is 5.73 Å². The molecule has 0 aromatic carbocycles. The lowest BCUT2D eigenvalue weighted by Crippen LogP contribution is -2.14. The van der Waals surface area contributed by atoms with Gasteiger partial charge in [-0.2, -0.15) is 0 Å². The maximum Gasteiger partial charge on any atom is 0.0762 e. The topological polar surface area (TPSA) is 29.0 Å². The molecule has 0 aromatic heterocycles. The maximum atomic E-state index is 5.68. The SMILES string of the molecule is CCC1(C)C(N)N1C. The molecule has 2 heteroatoms. The largest absolute Gasteiger partial charge is 0.314 e. The lowest BCUT2D eigenvalue weighted by molar-refractivity contribution is 0.481. The predicted octanol–water partition coefficient (Wildman–Crippen LogP) is 0.385. The fourth-order valence-electron chi connectivity index (χ4n) is 1.09. The van der Waals surface area contributed by atoms with Crippen LogP contribution in [0.25, 0.3) is 0 Å². The molecule has 0 spiro atoms. The highest BCUT2D eigenvalue weighted by Gasteiger charge is 2.52. The Morgan fingerprint density at radius 2 is 2.12 bits per heavy atom. The number of likely N-dealkylation sites (N-methyl/N-ethyl adjacent to an activating group) is 1. The van der Waals surface area contributed by atoms with Crippen molar-refractivity contribution in [3.05, 3.63) is 0 Å². The molecule has 1 aliphatic heterocycles. The van der Waals surface area contributed by atoms with Gasteiger partial charge in [0.25, 0.3) is 0 Å². The summed E-state index contributed by atoms with van der Waals surface area (Å²) < 4.78 is 0. The molecule has 0 radical (unpaired) electrons. The Bertz CT molecular complexity index is 92.7. The first-order valence-electron chi connectivity index (χ1n) is 3.11. The van der Waals surface area contributed by atoms with Gasteiger partial charge in [-0.05, 0) is 20.4 Å². The maximum absolute atomic E-state index is 5.68. The normalized spacial score (nSPS) is 54.0. The van der Waals surface area contributed by atoms with Crippen molar-refractivity contribution < 1.29 is 0 Å². The van der Waals surface area contributed by atoms with Crippen LogP contribution in [0.2, 0.25) is 0 Å². The Morgan fingerprint density at radius 3 is 2.12 bits per heavy atom. The van der Waals surface area contributed by atoms with E-state index in [1.807, 2.05) is 0 Å². The van der Waals surface area contributed by atoms with Crippen molar-refractivity contribution in [2.24, 2.45) is 5.73 Å². The molecule has 0 saturated carbocycles. The Balaban J connectivity index is 2.50. The summed E-state index contributed by atoms with van der Waals surface area (Å²) in [6.07, 6.45) is 1.47. The lowest BCUT2D eigenvalue weighted by Gasteiger charge is -2.01. The summed E-state index contributed by atoms with van der Waals surface area (Å²) in [5.41, 5.74) is 6.00. The molecule has 2 nitrogen and oxygen atoms in total. The van der Waals surface area contributed by atoms with Crippen LogP contribution in [0.15, 0.2) is 0 Å². The van der Waals surface area contributed by atoms with Crippen LogP contribution in [0.3, 0.4) is 0 Å². The molecule has 1 saturated heterocycles. The Hall–Kier alpha value is -0.0800. The highest BCUT2D eigenvalue weighted by molar-refractivity contribution is 5.07. The monoisotopic (exact) mass is 114 g/mol. The molecule has 1 heterocycles. The second-order valence-electron chi connectivity index (χ2n) is 2.77. The number of hydrogen-bond donors (Lipinski definition) is 1. The third-order valence-corrected chi connectivity index (χ3v) is 2.51. The average molecular weight is 114 g/mol. The van der Waals surface area contributed by atoms with Crippen molar-refractivity contribution in [1.29, 1.82) is 0 Å². The third-order valence-electron chi connectivity index (χ3n) is 2.51. The van der Waals surface area contributed by atoms with Gasteiger partial charge in [0.15, 0.2) is 0 Å². The van der Waals surface area contributed by atoms with Gasteiger partial charge in [0.1, 0.15) is 0 Å². The fourth-order valence-corrected chi connectivity index (χ4v) is 1.09. The first kappa shape index (κ1) is 6.05. The summed E-state index contributed by atoms with van der Waals surface area (Å²) in [6.45, 7) is 4.36. The average Bonchev–Trinajstić information content (AvgIpc) is 2.22. The molecule has 1 aliphatic rings. The first-order chi connectivity index (χ1) is 3.63. The van der Waals surface area contributed by atoms with Gasteiger partial charge in [-0.1, -0.05) is 6.92 Å².